The zero-order chi connectivity index (χ0) is 18.1. The first-order valence-corrected chi connectivity index (χ1v) is 9.77. The van der Waals surface area contributed by atoms with E-state index in [-0.39, 0.29) is 5.91 Å². The number of rotatable bonds is 4. The molecule has 1 atom stereocenters. The average molecular weight is 387 g/mol. The molecule has 0 saturated carbocycles. The van der Waals surface area contributed by atoms with Gasteiger partial charge in [0.1, 0.15) is 0 Å². The SMILES string of the molecule is NCC1CCN(C(=O)c2cc(Cn3cc(Cl)cn3)cs2)c2ccccc21. The van der Waals surface area contributed by atoms with Gasteiger partial charge in [0.2, 0.25) is 0 Å². The maximum atomic E-state index is 13.1. The number of nitrogens with zero attached hydrogens (tertiary/aromatic N) is 3. The van der Waals surface area contributed by atoms with Crippen molar-refractivity contribution in [2.24, 2.45) is 5.73 Å². The van der Waals surface area contributed by atoms with E-state index in [2.05, 4.69) is 11.2 Å². The van der Waals surface area contributed by atoms with Crippen molar-refractivity contribution in [3.8, 4) is 0 Å². The van der Waals surface area contributed by atoms with Gasteiger partial charge in [-0.2, -0.15) is 5.10 Å². The van der Waals surface area contributed by atoms with E-state index in [9.17, 15) is 4.79 Å². The van der Waals surface area contributed by atoms with E-state index < -0.39 is 0 Å². The predicted octanol–water partition coefficient (Wildman–Crippen LogP) is 3.74. The number of carbonyl (C=O) groups excluding carboxylic acids is 1. The number of thiophene rings is 1. The molecule has 26 heavy (non-hydrogen) atoms. The molecular weight excluding hydrogens is 368 g/mol. The first-order chi connectivity index (χ1) is 12.7. The number of fused-ring (bicyclic) bond motifs is 1. The molecule has 0 saturated heterocycles. The molecule has 7 heteroatoms. The zero-order valence-corrected chi connectivity index (χ0v) is 15.7. The molecule has 1 aliphatic heterocycles. The van der Waals surface area contributed by atoms with Gasteiger partial charge in [-0.1, -0.05) is 29.8 Å². The minimum atomic E-state index is 0.0441. The molecule has 0 fully saturated rings. The third kappa shape index (κ3) is 3.28. The van der Waals surface area contributed by atoms with Gasteiger partial charge in [-0.3, -0.25) is 9.48 Å². The maximum Gasteiger partial charge on any atom is 0.268 e. The Bertz CT molecular complexity index is 935. The molecule has 0 aliphatic carbocycles. The number of nitrogens with two attached hydrogens (primary N) is 1. The van der Waals surface area contributed by atoms with Crippen LogP contribution in [0.25, 0.3) is 0 Å². The Labute approximate surface area is 161 Å². The first-order valence-electron chi connectivity index (χ1n) is 8.52. The molecule has 1 aromatic carbocycles. The van der Waals surface area contributed by atoms with Gasteiger partial charge in [-0.25, -0.2) is 0 Å². The van der Waals surface area contributed by atoms with E-state index in [1.54, 1.807) is 17.1 Å². The molecule has 1 amide bonds. The highest BCUT2D eigenvalue weighted by Crippen LogP contribution is 2.35. The number of halogens is 1. The predicted molar refractivity (Wildman–Crippen MR) is 105 cm³/mol. The van der Waals surface area contributed by atoms with Gasteiger partial charge in [0, 0.05) is 18.4 Å². The average Bonchev–Trinajstić information content (AvgIpc) is 3.29. The van der Waals surface area contributed by atoms with Crippen molar-refractivity contribution >= 4 is 34.5 Å². The molecule has 1 unspecified atom stereocenters. The van der Waals surface area contributed by atoms with Gasteiger partial charge in [0.25, 0.3) is 5.91 Å². The highest BCUT2D eigenvalue weighted by molar-refractivity contribution is 7.12. The zero-order valence-electron chi connectivity index (χ0n) is 14.1. The number of para-hydroxylation sites is 1. The van der Waals surface area contributed by atoms with E-state index in [0.717, 1.165) is 28.1 Å². The van der Waals surface area contributed by atoms with E-state index in [1.807, 2.05) is 34.5 Å². The Balaban J connectivity index is 1.56. The lowest BCUT2D eigenvalue weighted by molar-refractivity contribution is 0.0988. The lowest BCUT2D eigenvalue weighted by atomic mass is 9.90. The van der Waals surface area contributed by atoms with Crippen molar-refractivity contribution in [3.05, 3.63) is 69.1 Å². The molecule has 3 aromatic rings. The summed E-state index contributed by atoms with van der Waals surface area (Å²) in [4.78, 5) is 15.7. The largest absolute Gasteiger partial charge is 0.330 e. The maximum absolute atomic E-state index is 13.1. The van der Waals surface area contributed by atoms with Crippen LogP contribution in [-0.2, 0) is 6.54 Å². The van der Waals surface area contributed by atoms with Gasteiger partial charge in [-0.05, 0) is 47.5 Å². The second-order valence-electron chi connectivity index (χ2n) is 6.41. The fourth-order valence-corrected chi connectivity index (χ4v) is 4.42. The lowest BCUT2D eigenvalue weighted by Gasteiger charge is -2.33. The van der Waals surface area contributed by atoms with Crippen LogP contribution in [0.15, 0.2) is 48.1 Å². The highest BCUT2D eigenvalue weighted by Gasteiger charge is 2.28. The molecule has 5 nitrogen and oxygen atoms in total. The number of amides is 1. The van der Waals surface area contributed by atoms with Crippen LogP contribution in [0.1, 0.15) is 33.1 Å². The summed E-state index contributed by atoms with van der Waals surface area (Å²) >= 11 is 7.37. The lowest BCUT2D eigenvalue weighted by Crippen LogP contribution is -2.37. The van der Waals surface area contributed by atoms with E-state index >= 15 is 0 Å². The third-order valence-electron chi connectivity index (χ3n) is 4.71. The van der Waals surface area contributed by atoms with Crippen LogP contribution in [0.2, 0.25) is 5.02 Å². The molecule has 3 heterocycles. The molecule has 4 rings (SSSR count). The van der Waals surface area contributed by atoms with Gasteiger partial charge in [0.05, 0.1) is 22.6 Å². The van der Waals surface area contributed by atoms with Gasteiger partial charge >= 0.3 is 0 Å². The minimum Gasteiger partial charge on any atom is -0.330 e. The summed E-state index contributed by atoms with van der Waals surface area (Å²) < 4.78 is 1.76. The second kappa shape index (κ2) is 7.23. The summed E-state index contributed by atoms with van der Waals surface area (Å²) in [5.41, 5.74) is 9.10. The molecular formula is C19H19ClN4OS. The number of benzene rings is 1. The van der Waals surface area contributed by atoms with Crippen LogP contribution < -0.4 is 10.6 Å². The van der Waals surface area contributed by atoms with Gasteiger partial charge < -0.3 is 10.6 Å². The normalized spacial score (nSPS) is 16.5. The summed E-state index contributed by atoms with van der Waals surface area (Å²) in [6.07, 6.45) is 4.27. The summed E-state index contributed by atoms with van der Waals surface area (Å²) in [6.45, 7) is 1.90. The Morgan fingerprint density at radius 3 is 3.00 bits per heavy atom. The first kappa shape index (κ1) is 17.3. The number of aromatic nitrogens is 2. The third-order valence-corrected chi connectivity index (χ3v) is 5.87. The fraction of sp³-hybridized carbons (Fsp3) is 0.263. The molecule has 0 spiro atoms. The van der Waals surface area contributed by atoms with E-state index in [1.165, 1.54) is 11.3 Å². The Morgan fingerprint density at radius 1 is 1.38 bits per heavy atom. The molecule has 134 valence electrons. The summed E-state index contributed by atoms with van der Waals surface area (Å²) in [5.74, 6) is 0.362. The smallest absolute Gasteiger partial charge is 0.268 e. The van der Waals surface area contributed by atoms with Crippen LogP contribution in [-0.4, -0.2) is 28.8 Å². The van der Waals surface area contributed by atoms with Crippen LogP contribution in [0.5, 0.6) is 0 Å². The Morgan fingerprint density at radius 2 is 2.23 bits per heavy atom. The van der Waals surface area contributed by atoms with Crippen molar-refractivity contribution in [2.75, 3.05) is 18.0 Å². The standard InChI is InChI=1S/C19H19ClN4OS/c20-15-9-22-23(11-15)10-13-7-18(26-12-13)19(25)24-6-5-14(8-21)16-3-1-2-4-17(16)24/h1-4,7,9,11-12,14H,5-6,8,10,21H2. The summed E-state index contributed by atoms with van der Waals surface area (Å²) in [7, 11) is 0. The quantitative estimate of drug-likeness (QED) is 0.742. The molecule has 0 bridgehead atoms. The van der Waals surface area contributed by atoms with Crippen LogP contribution in [0.4, 0.5) is 5.69 Å². The molecule has 2 aromatic heterocycles. The highest BCUT2D eigenvalue weighted by atomic mass is 35.5. The summed E-state index contributed by atoms with van der Waals surface area (Å²) in [6, 6.07) is 10.0. The van der Waals surface area contributed by atoms with Crippen LogP contribution in [0.3, 0.4) is 0 Å². The molecule has 2 N–H and O–H groups in total. The number of anilines is 1. The minimum absolute atomic E-state index is 0.0441. The Hall–Kier alpha value is -2.15. The van der Waals surface area contributed by atoms with Crippen molar-refractivity contribution in [1.82, 2.24) is 9.78 Å². The second-order valence-corrected chi connectivity index (χ2v) is 7.76. The van der Waals surface area contributed by atoms with E-state index in [4.69, 9.17) is 17.3 Å². The van der Waals surface area contributed by atoms with Crippen molar-refractivity contribution < 1.29 is 4.79 Å². The van der Waals surface area contributed by atoms with Gasteiger partial charge in [0.15, 0.2) is 0 Å². The van der Waals surface area contributed by atoms with Crippen LogP contribution >= 0.6 is 22.9 Å². The van der Waals surface area contributed by atoms with Crippen molar-refractivity contribution in [2.45, 2.75) is 18.9 Å². The molecule has 0 radical (unpaired) electrons. The number of carbonyl (C=O) groups is 1. The molecule has 1 aliphatic rings. The Kier molecular flexibility index (Phi) is 4.80. The topological polar surface area (TPSA) is 64.2 Å². The number of hydrogen-bond donors (Lipinski definition) is 1. The van der Waals surface area contributed by atoms with Crippen molar-refractivity contribution in [1.29, 1.82) is 0 Å². The fourth-order valence-electron chi connectivity index (χ4n) is 3.41. The number of hydrogen-bond acceptors (Lipinski definition) is 4. The van der Waals surface area contributed by atoms with E-state index in [0.29, 0.717) is 30.6 Å². The van der Waals surface area contributed by atoms with Gasteiger partial charge in [-0.15, -0.1) is 11.3 Å². The van der Waals surface area contributed by atoms with Crippen LogP contribution in [0, 0.1) is 0 Å². The summed E-state index contributed by atoms with van der Waals surface area (Å²) in [5, 5.41) is 6.79. The monoisotopic (exact) mass is 386 g/mol. The van der Waals surface area contributed by atoms with Crippen molar-refractivity contribution in [3.63, 3.8) is 0 Å².